The number of nitrogens with one attached hydrogen (secondary N) is 4. The lowest BCUT2D eigenvalue weighted by Crippen LogP contribution is -2.22. The third-order valence-corrected chi connectivity index (χ3v) is 7.74. The number of carbonyl (C=O) groups is 2. The van der Waals surface area contributed by atoms with Crippen molar-refractivity contribution in [2.45, 2.75) is 19.0 Å². The topological polar surface area (TPSA) is 132 Å². The summed E-state index contributed by atoms with van der Waals surface area (Å²) in [5.41, 5.74) is 9.83. The molecular formula is C42H44N4O5. The number of hydrogen-bond acceptors (Lipinski definition) is 7. The maximum Gasteiger partial charge on any atom is 0.267 e. The summed E-state index contributed by atoms with van der Waals surface area (Å²) in [6.45, 7) is 3.72. The van der Waals surface area contributed by atoms with Crippen LogP contribution in [0.1, 0.15) is 39.3 Å². The van der Waals surface area contributed by atoms with E-state index in [0.29, 0.717) is 12.5 Å². The number of hydroxylamine groups is 2. The van der Waals surface area contributed by atoms with E-state index in [4.69, 9.17) is 15.2 Å². The highest BCUT2D eigenvalue weighted by Crippen LogP contribution is 2.24. The molecule has 0 aliphatic heterocycles. The number of amides is 2. The van der Waals surface area contributed by atoms with E-state index < -0.39 is 11.8 Å². The zero-order valence-corrected chi connectivity index (χ0v) is 28.3. The van der Waals surface area contributed by atoms with Gasteiger partial charge >= 0.3 is 0 Å². The fourth-order valence-electron chi connectivity index (χ4n) is 5.06. The van der Waals surface area contributed by atoms with E-state index in [-0.39, 0.29) is 0 Å². The average molecular weight is 685 g/mol. The average Bonchev–Trinajstić information content (AvgIpc) is 3.19. The van der Waals surface area contributed by atoms with Crippen molar-refractivity contribution >= 4 is 24.0 Å². The van der Waals surface area contributed by atoms with Crippen molar-refractivity contribution in [3.63, 3.8) is 0 Å². The fraction of sp³-hybridized carbons (Fsp3) is 0.143. The van der Waals surface area contributed by atoms with Gasteiger partial charge in [0.05, 0.1) is 0 Å². The van der Waals surface area contributed by atoms with Gasteiger partial charge in [0.25, 0.3) is 11.8 Å². The summed E-state index contributed by atoms with van der Waals surface area (Å²) >= 11 is 0. The van der Waals surface area contributed by atoms with Gasteiger partial charge in [-0.25, -0.2) is 11.0 Å². The van der Waals surface area contributed by atoms with Crippen molar-refractivity contribution < 1.29 is 24.7 Å². The molecule has 0 saturated carbocycles. The first-order chi connectivity index (χ1) is 25.0. The van der Waals surface area contributed by atoms with Gasteiger partial charge < -0.3 is 15.4 Å². The molecule has 9 heteroatoms. The molecule has 262 valence electrons. The summed E-state index contributed by atoms with van der Waals surface area (Å²) < 4.78 is 5.60. The molecule has 0 heterocycles. The molecule has 51 heavy (non-hydrogen) atoms. The number of para-hydroxylation sites is 1. The van der Waals surface area contributed by atoms with Crippen molar-refractivity contribution in [2.75, 3.05) is 19.7 Å². The van der Waals surface area contributed by atoms with Crippen molar-refractivity contribution in [1.82, 2.24) is 21.6 Å². The van der Waals surface area contributed by atoms with Crippen LogP contribution in [-0.2, 0) is 22.7 Å². The van der Waals surface area contributed by atoms with Gasteiger partial charge in [-0.15, -0.1) is 0 Å². The fourth-order valence-corrected chi connectivity index (χ4v) is 5.06. The number of ether oxygens (including phenoxy) is 1. The van der Waals surface area contributed by atoms with E-state index in [9.17, 15) is 9.59 Å². The monoisotopic (exact) mass is 684 g/mol. The Kier molecular flexibility index (Phi) is 16.4. The molecule has 0 spiro atoms. The Balaban J connectivity index is 0.000000233. The first-order valence-corrected chi connectivity index (χ1v) is 16.7. The first kappa shape index (κ1) is 38.0. The minimum Gasteiger partial charge on any atom is -0.492 e. The van der Waals surface area contributed by atoms with Gasteiger partial charge in [0.1, 0.15) is 12.4 Å². The summed E-state index contributed by atoms with van der Waals surface area (Å²) in [7, 11) is 0. The van der Waals surface area contributed by atoms with E-state index in [1.54, 1.807) is 23.1 Å². The van der Waals surface area contributed by atoms with E-state index in [0.717, 1.165) is 48.6 Å². The molecule has 6 N–H and O–H groups in total. The van der Waals surface area contributed by atoms with Gasteiger partial charge in [0, 0.05) is 44.2 Å². The van der Waals surface area contributed by atoms with Crippen LogP contribution in [-0.4, -0.2) is 41.9 Å². The first-order valence-electron chi connectivity index (χ1n) is 16.7. The Morgan fingerprint density at radius 1 is 0.569 bits per heavy atom. The molecule has 2 amide bonds. The minimum absolute atomic E-state index is 0.293. The van der Waals surface area contributed by atoms with Gasteiger partial charge in [0.2, 0.25) is 0 Å². The molecule has 0 aliphatic rings. The molecular weight excluding hydrogens is 640 g/mol. The van der Waals surface area contributed by atoms with Crippen LogP contribution in [0.25, 0.3) is 12.2 Å². The number of hydrogen-bond donors (Lipinski definition) is 6. The van der Waals surface area contributed by atoms with Gasteiger partial charge in [0.15, 0.2) is 0 Å². The second kappa shape index (κ2) is 22.0. The highest BCUT2D eigenvalue weighted by Gasteiger charge is 2.13. The summed E-state index contributed by atoms with van der Waals surface area (Å²) in [5.74, 6) is 0.0757. The van der Waals surface area contributed by atoms with Crippen molar-refractivity contribution in [3.8, 4) is 5.75 Å². The van der Waals surface area contributed by atoms with Crippen LogP contribution in [0.15, 0.2) is 152 Å². The number of rotatable bonds is 16. The lowest BCUT2D eigenvalue weighted by Gasteiger charge is -2.19. The van der Waals surface area contributed by atoms with E-state index in [1.807, 2.05) is 91.0 Å². The minimum atomic E-state index is -0.547. The molecule has 0 aromatic heterocycles. The normalized spacial score (nSPS) is 10.9. The second-order valence-electron chi connectivity index (χ2n) is 11.4. The molecule has 0 unspecified atom stereocenters. The van der Waals surface area contributed by atoms with Crippen LogP contribution in [0, 0.1) is 0 Å². The largest absolute Gasteiger partial charge is 0.492 e. The zero-order chi connectivity index (χ0) is 35.9. The maximum absolute atomic E-state index is 11.0. The van der Waals surface area contributed by atoms with Crippen LogP contribution in [0.4, 0.5) is 0 Å². The molecule has 0 fully saturated rings. The number of benzene rings is 5. The zero-order valence-electron chi connectivity index (χ0n) is 28.3. The summed E-state index contributed by atoms with van der Waals surface area (Å²) in [6, 6.07) is 46.6. The molecule has 0 bridgehead atoms. The van der Waals surface area contributed by atoms with Crippen molar-refractivity contribution in [3.05, 3.63) is 185 Å². The SMILES string of the molecule is O=C(/C=C/c1ccc(CNCC(c2ccccc2)c2ccccc2)cc1)NO.O=C(/C=C/c1ccc(CNCCOc2ccccc2)cc1)NO. The van der Waals surface area contributed by atoms with Crippen LogP contribution >= 0.6 is 0 Å². The van der Waals surface area contributed by atoms with E-state index in [2.05, 4.69) is 59.2 Å². The molecule has 0 radical (unpaired) electrons. The van der Waals surface area contributed by atoms with Crippen LogP contribution in [0.3, 0.4) is 0 Å². The highest BCUT2D eigenvalue weighted by atomic mass is 16.5. The lowest BCUT2D eigenvalue weighted by molar-refractivity contribution is -0.124. The summed E-state index contributed by atoms with van der Waals surface area (Å²) in [6.07, 6.45) is 5.85. The molecule has 0 aliphatic carbocycles. The predicted octanol–water partition coefficient (Wildman–Crippen LogP) is 6.50. The molecule has 0 atom stereocenters. The van der Waals surface area contributed by atoms with Crippen LogP contribution in [0.2, 0.25) is 0 Å². The highest BCUT2D eigenvalue weighted by molar-refractivity contribution is 5.91. The number of carbonyl (C=O) groups excluding carboxylic acids is 2. The molecule has 5 aromatic carbocycles. The van der Waals surface area contributed by atoms with E-state index in [1.165, 1.54) is 28.8 Å². The molecule has 5 rings (SSSR count). The van der Waals surface area contributed by atoms with Crippen LogP contribution < -0.4 is 26.3 Å². The van der Waals surface area contributed by atoms with Crippen molar-refractivity contribution in [2.24, 2.45) is 0 Å². The van der Waals surface area contributed by atoms with Gasteiger partial charge in [-0.05, 0) is 57.7 Å². The smallest absolute Gasteiger partial charge is 0.267 e. The maximum atomic E-state index is 11.0. The Bertz CT molecular complexity index is 1740. The third kappa shape index (κ3) is 14.3. The summed E-state index contributed by atoms with van der Waals surface area (Å²) in [4.78, 5) is 21.9. The second-order valence-corrected chi connectivity index (χ2v) is 11.4. The molecule has 9 nitrogen and oxygen atoms in total. The lowest BCUT2D eigenvalue weighted by atomic mass is 9.91. The Labute approximate surface area is 299 Å². The predicted molar refractivity (Wildman–Crippen MR) is 201 cm³/mol. The quantitative estimate of drug-likeness (QED) is 0.0303. The molecule has 0 saturated heterocycles. The Morgan fingerprint density at radius 3 is 1.45 bits per heavy atom. The Morgan fingerprint density at radius 2 is 1.00 bits per heavy atom. The van der Waals surface area contributed by atoms with Gasteiger partial charge in [-0.2, -0.15) is 0 Å². The van der Waals surface area contributed by atoms with Gasteiger partial charge in [-0.3, -0.25) is 20.0 Å². The van der Waals surface area contributed by atoms with Crippen molar-refractivity contribution in [1.29, 1.82) is 0 Å². The van der Waals surface area contributed by atoms with Gasteiger partial charge in [-0.1, -0.05) is 127 Å². The van der Waals surface area contributed by atoms with Crippen LogP contribution in [0.5, 0.6) is 5.75 Å². The summed E-state index contributed by atoms with van der Waals surface area (Å²) in [5, 5.41) is 23.8. The van der Waals surface area contributed by atoms with E-state index >= 15 is 0 Å². The molecule has 5 aromatic rings. The third-order valence-electron chi connectivity index (χ3n) is 7.74. The standard InChI is InChI=1S/C24H24N2O2.C18H20N2O3/c27-24(26-28)16-15-19-11-13-20(14-12-19)17-25-18-23(21-7-3-1-4-8-21)22-9-5-2-6-10-22;21-18(20-22)11-10-15-6-8-16(9-7-15)14-19-12-13-23-17-4-2-1-3-5-17/h1-16,23,25,28H,17-18H2,(H,26,27);1-11,19,22H,12-14H2,(H,20,21)/b16-15+;11-10+. The Hall–Kier alpha value is -5.84.